The van der Waals surface area contributed by atoms with Gasteiger partial charge in [0.25, 0.3) is 0 Å². The van der Waals surface area contributed by atoms with Crippen LogP contribution in [0.4, 0.5) is 0 Å². The summed E-state index contributed by atoms with van der Waals surface area (Å²) >= 11 is 0. The van der Waals surface area contributed by atoms with E-state index in [2.05, 4.69) is 34.3 Å². The fourth-order valence-electron chi connectivity index (χ4n) is 0.641. The predicted molar refractivity (Wildman–Crippen MR) is 43.4 cm³/mol. The first-order valence-electron chi connectivity index (χ1n) is 3.67. The fourth-order valence-corrected chi connectivity index (χ4v) is 0.641. The minimum atomic E-state index is 0.432. The van der Waals surface area contributed by atoms with E-state index in [1.165, 1.54) is 6.42 Å². The summed E-state index contributed by atoms with van der Waals surface area (Å²) in [7, 11) is 0. The van der Waals surface area contributed by atoms with Gasteiger partial charge in [-0.1, -0.05) is 40.2 Å². The van der Waals surface area contributed by atoms with Gasteiger partial charge in [-0.25, -0.2) is 0 Å². The summed E-state index contributed by atoms with van der Waals surface area (Å²) in [6, 6.07) is 0. The summed E-state index contributed by atoms with van der Waals surface area (Å²) in [6.45, 7) is 12.8. The lowest BCUT2D eigenvalue weighted by Crippen LogP contribution is -2.18. The van der Waals surface area contributed by atoms with Gasteiger partial charge in [0.2, 0.25) is 0 Å². The third kappa shape index (κ3) is 2.21. The zero-order chi connectivity index (χ0) is 7.49. The molecule has 0 saturated carbocycles. The van der Waals surface area contributed by atoms with Crippen LogP contribution in [0.3, 0.4) is 0 Å². The van der Waals surface area contributed by atoms with Crippen LogP contribution >= 0.6 is 0 Å². The van der Waals surface area contributed by atoms with Crippen LogP contribution in [-0.2, 0) is 0 Å². The standard InChI is InChI=1S/C9H18/c1-6-8(3)9(4,5)7-2/h6,8H,1,7H2,2-5H3. The maximum absolute atomic E-state index is 3.77. The average Bonchev–Trinajstić information content (AvgIpc) is 1.86. The van der Waals surface area contributed by atoms with Crippen molar-refractivity contribution in [2.24, 2.45) is 11.3 Å². The van der Waals surface area contributed by atoms with E-state index in [1.807, 2.05) is 6.08 Å². The largest absolute Gasteiger partial charge is 0.103 e. The highest BCUT2D eigenvalue weighted by Crippen LogP contribution is 2.30. The first-order valence-corrected chi connectivity index (χ1v) is 3.67. The van der Waals surface area contributed by atoms with Gasteiger partial charge >= 0.3 is 0 Å². The van der Waals surface area contributed by atoms with E-state index in [9.17, 15) is 0 Å². The molecule has 0 saturated heterocycles. The second-order valence-corrected chi connectivity index (χ2v) is 3.37. The smallest absolute Gasteiger partial charge is 0.0213 e. The monoisotopic (exact) mass is 126 g/mol. The molecule has 0 radical (unpaired) electrons. The van der Waals surface area contributed by atoms with Gasteiger partial charge < -0.3 is 0 Å². The maximum atomic E-state index is 3.77. The summed E-state index contributed by atoms with van der Waals surface area (Å²) in [6.07, 6.45) is 3.25. The zero-order valence-electron chi connectivity index (χ0n) is 7.07. The third-order valence-corrected chi connectivity index (χ3v) is 2.50. The van der Waals surface area contributed by atoms with E-state index < -0.39 is 0 Å². The van der Waals surface area contributed by atoms with E-state index >= 15 is 0 Å². The third-order valence-electron chi connectivity index (χ3n) is 2.50. The molecular formula is C9H18. The van der Waals surface area contributed by atoms with E-state index in [-0.39, 0.29) is 0 Å². The second kappa shape index (κ2) is 3.05. The molecule has 0 heterocycles. The first kappa shape index (κ1) is 8.74. The lowest BCUT2D eigenvalue weighted by molar-refractivity contribution is 0.267. The van der Waals surface area contributed by atoms with Crippen LogP contribution in [0, 0.1) is 11.3 Å². The Balaban J connectivity index is 3.95. The lowest BCUT2D eigenvalue weighted by atomic mass is 9.78. The molecule has 0 aromatic heterocycles. The van der Waals surface area contributed by atoms with Crippen LogP contribution in [0.5, 0.6) is 0 Å². The van der Waals surface area contributed by atoms with Crippen molar-refractivity contribution in [1.29, 1.82) is 0 Å². The first-order chi connectivity index (χ1) is 4.04. The highest BCUT2D eigenvalue weighted by atomic mass is 14.2. The quantitative estimate of drug-likeness (QED) is 0.509. The lowest BCUT2D eigenvalue weighted by Gasteiger charge is -2.27. The van der Waals surface area contributed by atoms with Crippen molar-refractivity contribution in [3.8, 4) is 0 Å². The highest BCUT2D eigenvalue weighted by Gasteiger charge is 2.20. The minimum absolute atomic E-state index is 0.432. The number of hydrogen-bond acceptors (Lipinski definition) is 0. The molecule has 0 aliphatic rings. The Morgan fingerprint density at radius 1 is 1.56 bits per heavy atom. The molecule has 0 rings (SSSR count). The van der Waals surface area contributed by atoms with E-state index in [1.54, 1.807) is 0 Å². The SMILES string of the molecule is C=CC(C)C(C)(C)CC. The van der Waals surface area contributed by atoms with Crippen LogP contribution in [0.2, 0.25) is 0 Å². The van der Waals surface area contributed by atoms with E-state index in [0.29, 0.717) is 11.3 Å². The van der Waals surface area contributed by atoms with Crippen molar-refractivity contribution in [1.82, 2.24) is 0 Å². The number of rotatable bonds is 3. The van der Waals surface area contributed by atoms with Crippen molar-refractivity contribution in [3.05, 3.63) is 12.7 Å². The summed E-state index contributed by atoms with van der Waals surface area (Å²) in [5, 5.41) is 0. The molecule has 0 aliphatic heterocycles. The van der Waals surface area contributed by atoms with Crippen molar-refractivity contribution >= 4 is 0 Å². The molecule has 0 nitrogen and oxygen atoms in total. The summed E-state index contributed by atoms with van der Waals surface area (Å²) in [5.41, 5.74) is 0.432. The Bertz CT molecular complexity index is 90.2. The molecule has 0 aliphatic carbocycles. The van der Waals surface area contributed by atoms with Gasteiger partial charge in [0.1, 0.15) is 0 Å². The molecule has 0 heteroatoms. The Labute approximate surface area is 59.0 Å². The molecule has 0 amide bonds. The molecule has 0 N–H and O–H groups in total. The molecule has 0 aromatic carbocycles. The van der Waals surface area contributed by atoms with Gasteiger partial charge in [-0.05, 0) is 11.3 Å². The predicted octanol–water partition coefficient (Wildman–Crippen LogP) is 3.24. The van der Waals surface area contributed by atoms with Gasteiger partial charge in [-0.3, -0.25) is 0 Å². The number of hydrogen-bond donors (Lipinski definition) is 0. The Morgan fingerprint density at radius 3 is 2.11 bits per heavy atom. The van der Waals surface area contributed by atoms with Gasteiger partial charge in [-0.2, -0.15) is 0 Å². The summed E-state index contributed by atoms with van der Waals surface area (Å²) in [4.78, 5) is 0. The van der Waals surface area contributed by atoms with Gasteiger partial charge in [0, 0.05) is 0 Å². The molecule has 54 valence electrons. The molecule has 1 atom stereocenters. The fraction of sp³-hybridized carbons (Fsp3) is 0.778. The van der Waals surface area contributed by atoms with Crippen molar-refractivity contribution in [2.45, 2.75) is 34.1 Å². The molecule has 0 bridgehead atoms. The normalized spacial score (nSPS) is 15.1. The molecule has 9 heavy (non-hydrogen) atoms. The maximum Gasteiger partial charge on any atom is -0.0213 e. The minimum Gasteiger partial charge on any atom is -0.103 e. The topological polar surface area (TPSA) is 0 Å². The van der Waals surface area contributed by atoms with Crippen LogP contribution in [0.15, 0.2) is 12.7 Å². The van der Waals surface area contributed by atoms with Crippen molar-refractivity contribution < 1.29 is 0 Å². The Morgan fingerprint density at radius 2 is 2.00 bits per heavy atom. The summed E-state index contributed by atoms with van der Waals surface area (Å²) < 4.78 is 0. The molecule has 0 fully saturated rings. The van der Waals surface area contributed by atoms with Gasteiger partial charge in [-0.15, -0.1) is 6.58 Å². The van der Waals surface area contributed by atoms with Crippen molar-refractivity contribution in [3.63, 3.8) is 0 Å². The van der Waals surface area contributed by atoms with E-state index in [4.69, 9.17) is 0 Å². The molecule has 1 unspecified atom stereocenters. The average molecular weight is 126 g/mol. The van der Waals surface area contributed by atoms with Gasteiger partial charge in [0.15, 0.2) is 0 Å². The van der Waals surface area contributed by atoms with Crippen LogP contribution in [-0.4, -0.2) is 0 Å². The number of allylic oxidation sites excluding steroid dienone is 1. The molecule has 0 aromatic rings. The molecular weight excluding hydrogens is 108 g/mol. The Kier molecular flexibility index (Phi) is 2.96. The second-order valence-electron chi connectivity index (χ2n) is 3.37. The van der Waals surface area contributed by atoms with Crippen LogP contribution in [0.25, 0.3) is 0 Å². The van der Waals surface area contributed by atoms with Crippen molar-refractivity contribution in [2.75, 3.05) is 0 Å². The molecule has 0 spiro atoms. The van der Waals surface area contributed by atoms with Gasteiger partial charge in [0.05, 0.1) is 0 Å². The Hall–Kier alpha value is -0.260. The summed E-state index contributed by atoms with van der Waals surface area (Å²) in [5.74, 6) is 0.627. The van der Waals surface area contributed by atoms with Crippen LogP contribution < -0.4 is 0 Å². The van der Waals surface area contributed by atoms with Crippen LogP contribution in [0.1, 0.15) is 34.1 Å². The van der Waals surface area contributed by atoms with E-state index in [0.717, 1.165) is 0 Å². The highest BCUT2D eigenvalue weighted by molar-refractivity contribution is 4.86. The zero-order valence-corrected chi connectivity index (χ0v) is 7.07.